The van der Waals surface area contributed by atoms with Crippen LogP contribution in [0.4, 0.5) is 8.78 Å². The van der Waals surface area contributed by atoms with E-state index in [-0.39, 0.29) is 5.75 Å². The third-order valence-corrected chi connectivity index (χ3v) is 1.78. The molecule has 0 aliphatic heterocycles. The van der Waals surface area contributed by atoms with Gasteiger partial charge in [0.2, 0.25) is 0 Å². The number of alkyl halides is 2. The molecule has 0 aromatic carbocycles. The minimum Gasteiger partial charge on any atom is -0.390 e. The van der Waals surface area contributed by atoms with Gasteiger partial charge in [0.25, 0.3) is 5.92 Å². The van der Waals surface area contributed by atoms with Crippen LogP contribution in [0.15, 0.2) is 0 Å². The van der Waals surface area contributed by atoms with E-state index in [1.165, 1.54) is 0 Å². The quantitative estimate of drug-likeness (QED) is 0.663. The molecule has 56 valence electrons. The summed E-state index contributed by atoms with van der Waals surface area (Å²) >= 11 is 1.13. The lowest BCUT2D eigenvalue weighted by Crippen LogP contribution is -2.24. The van der Waals surface area contributed by atoms with Crippen LogP contribution >= 0.6 is 11.8 Å². The maximum Gasteiger partial charge on any atom is 0.279 e. The largest absolute Gasteiger partial charge is 0.390 e. The Labute approximate surface area is 57.4 Å². The standard InChI is InChI=1S/C5H10F2OS/c1-2-9-4-5(6,7)3-8/h8H,2-4H2,1H3. The van der Waals surface area contributed by atoms with Gasteiger partial charge in [-0.1, -0.05) is 6.92 Å². The minimum absolute atomic E-state index is 0.278. The smallest absolute Gasteiger partial charge is 0.279 e. The molecule has 1 nitrogen and oxygen atoms in total. The zero-order chi connectivity index (χ0) is 7.33. The molecule has 0 aliphatic rings. The Balaban J connectivity index is 3.33. The molecule has 0 heterocycles. The minimum atomic E-state index is -2.89. The first-order valence-corrected chi connectivity index (χ1v) is 3.84. The van der Waals surface area contributed by atoms with E-state index in [0.29, 0.717) is 5.75 Å². The van der Waals surface area contributed by atoms with Crippen LogP contribution in [0.2, 0.25) is 0 Å². The topological polar surface area (TPSA) is 20.2 Å². The third-order valence-electron chi connectivity index (χ3n) is 0.749. The first-order valence-electron chi connectivity index (χ1n) is 2.69. The van der Waals surface area contributed by atoms with E-state index < -0.39 is 12.5 Å². The van der Waals surface area contributed by atoms with E-state index in [9.17, 15) is 8.78 Å². The van der Waals surface area contributed by atoms with Crippen LogP contribution in [0.25, 0.3) is 0 Å². The fraction of sp³-hybridized carbons (Fsp3) is 1.00. The Kier molecular flexibility index (Phi) is 4.14. The molecule has 9 heavy (non-hydrogen) atoms. The molecular formula is C5H10F2OS. The zero-order valence-electron chi connectivity index (χ0n) is 5.23. The van der Waals surface area contributed by atoms with Gasteiger partial charge in [-0.15, -0.1) is 0 Å². The molecule has 0 aliphatic carbocycles. The molecule has 0 saturated carbocycles. The monoisotopic (exact) mass is 156 g/mol. The van der Waals surface area contributed by atoms with Crippen molar-refractivity contribution in [1.29, 1.82) is 0 Å². The number of aliphatic hydroxyl groups is 1. The predicted molar refractivity (Wildman–Crippen MR) is 35.0 cm³/mol. The summed E-state index contributed by atoms with van der Waals surface area (Å²) in [5.74, 6) is -2.50. The molecule has 0 saturated heterocycles. The van der Waals surface area contributed by atoms with Gasteiger partial charge in [0.1, 0.15) is 6.61 Å². The molecular weight excluding hydrogens is 146 g/mol. The number of aliphatic hydroxyl groups excluding tert-OH is 1. The number of hydrogen-bond donors (Lipinski definition) is 1. The number of thioether (sulfide) groups is 1. The van der Waals surface area contributed by atoms with Crippen LogP contribution < -0.4 is 0 Å². The van der Waals surface area contributed by atoms with Crippen LogP contribution in [-0.4, -0.2) is 29.1 Å². The molecule has 1 N–H and O–H groups in total. The van der Waals surface area contributed by atoms with Crippen molar-refractivity contribution in [2.24, 2.45) is 0 Å². The lowest BCUT2D eigenvalue weighted by atomic mass is 10.4. The fourth-order valence-corrected chi connectivity index (χ4v) is 0.891. The van der Waals surface area contributed by atoms with E-state index >= 15 is 0 Å². The molecule has 0 rings (SSSR count). The Morgan fingerprint density at radius 2 is 2.11 bits per heavy atom. The maximum absolute atomic E-state index is 12.1. The number of rotatable bonds is 4. The van der Waals surface area contributed by atoms with Crippen LogP contribution in [0.1, 0.15) is 6.92 Å². The van der Waals surface area contributed by atoms with E-state index in [1.54, 1.807) is 6.92 Å². The van der Waals surface area contributed by atoms with Crippen molar-refractivity contribution in [2.45, 2.75) is 12.8 Å². The van der Waals surface area contributed by atoms with Gasteiger partial charge in [0.05, 0.1) is 5.75 Å². The summed E-state index contributed by atoms with van der Waals surface area (Å²) in [5, 5.41) is 8.06. The maximum atomic E-state index is 12.1. The molecule has 0 bridgehead atoms. The summed E-state index contributed by atoms with van der Waals surface area (Å²) in [6.07, 6.45) is 0. The first kappa shape index (κ1) is 9.17. The van der Waals surface area contributed by atoms with Crippen molar-refractivity contribution in [1.82, 2.24) is 0 Å². The second-order valence-corrected chi connectivity index (χ2v) is 2.93. The van der Waals surface area contributed by atoms with E-state index in [1.807, 2.05) is 0 Å². The van der Waals surface area contributed by atoms with Gasteiger partial charge >= 0.3 is 0 Å². The van der Waals surface area contributed by atoms with Gasteiger partial charge < -0.3 is 5.11 Å². The van der Waals surface area contributed by atoms with Crippen molar-refractivity contribution in [2.75, 3.05) is 18.1 Å². The summed E-state index contributed by atoms with van der Waals surface area (Å²) in [6.45, 7) is 0.762. The van der Waals surface area contributed by atoms with Crippen LogP contribution in [0, 0.1) is 0 Å². The van der Waals surface area contributed by atoms with E-state index in [0.717, 1.165) is 11.8 Å². The Bertz CT molecular complexity index is 77.4. The van der Waals surface area contributed by atoms with Crippen molar-refractivity contribution in [3.05, 3.63) is 0 Å². The normalized spacial score (nSPS) is 12.0. The van der Waals surface area contributed by atoms with Crippen molar-refractivity contribution >= 4 is 11.8 Å². The van der Waals surface area contributed by atoms with Gasteiger partial charge in [-0.2, -0.15) is 11.8 Å². The molecule has 0 radical (unpaired) electrons. The SMILES string of the molecule is CCSCC(F)(F)CO. The molecule has 0 fully saturated rings. The highest BCUT2D eigenvalue weighted by Crippen LogP contribution is 2.18. The van der Waals surface area contributed by atoms with Crippen molar-refractivity contribution < 1.29 is 13.9 Å². The van der Waals surface area contributed by atoms with E-state index in [4.69, 9.17) is 5.11 Å². The Hall–Kier alpha value is 0.170. The van der Waals surface area contributed by atoms with Gasteiger partial charge in [-0.3, -0.25) is 0 Å². The highest BCUT2D eigenvalue weighted by molar-refractivity contribution is 7.99. The zero-order valence-corrected chi connectivity index (χ0v) is 6.05. The molecule has 0 aromatic heterocycles. The van der Waals surface area contributed by atoms with Crippen LogP contribution in [-0.2, 0) is 0 Å². The second-order valence-electron chi connectivity index (χ2n) is 1.65. The molecule has 4 heteroatoms. The Morgan fingerprint density at radius 3 is 2.44 bits per heavy atom. The van der Waals surface area contributed by atoms with Crippen molar-refractivity contribution in [3.8, 4) is 0 Å². The lowest BCUT2D eigenvalue weighted by Gasteiger charge is -2.10. The Morgan fingerprint density at radius 1 is 1.56 bits per heavy atom. The summed E-state index contributed by atoms with van der Waals surface area (Å²) < 4.78 is 24.1. The van der Waals surface area contributed by atoms with E-state index in [2.05, 4.69) is 0 Å². The van der Waals surface area contributed by atoms with Crippen LogP contribution in [0.3, 0.4) is 0 Å². The number of hydrogen-bond acceptors (Lipinski definition) is 2. The van der Waals surface area contributed by atoms with Gasteiger partial charge in [-0.05, 0) is 5.75 Å². The molecule has 0 atom stereocenters. The fourth-order valence-electron chi connectivity index (χ4n) is 0.297. The highest BCUT2D eigenvalue weighted by Gasteiger charge is 2.26. The summed E-state index contributed by atoms with van der Waals surface area (Å²) in [6, 6.07) is 0. The van der Waals surface area contributed by atoms with Gasteiger partial charge in [-0.25, -0.2) is 8.78 Å². The number of halogens is 2. The molecule has 0 unspecified atom stereocenters. The molecule has 0 aromatic rings. The molecule has 0 spiro atoms. The van der Waals surface area contributed by atoms with Gasteiger partial charge in [0.15, 0.2) is 0 Å². The lowest BCUT2D eigenvalue weighted by molar-refractivity contribution is -0.0276. The van der Waals surface area contributed by atoms with Crippen molar-refractivity contribution in [3.63, 3.8) is 0 Å². The first-order chi connectivity index (χ1) is 4.12. The average molecular weight is 156 g/mol. The molecule has 0 amide bonds. The van der Waals surface area contributed by atoms with Crippen LogP contribution in [0.5, 0.6) is 0 Å². The summed E-state index contributed by atoms with van der Waals surface area (Å²) in [5.41, 5.74) is 0. The summed E-state index contributed by atoms with van der Waals surface area (Å²) in [7, 11) is 0. The van der Waals surface area contributed by atoms with Gasteiger partial charge in [0, 0.05) is 0 Å². The second kappa shape index (κ2) is 4.06. The highest BCUT2D eigenvalue weighted by atomic mass is 32.2. The average Bonchev–Trinajstić information content (AvgIpc) is 1.84. The predicted octanol–water partition coefficient (Wildman–Crippen LogP) is 1.37. The summed E-state index contributed by atoms with van der Waals surface area (Å²) in [4.78, 5) is 0. The third kappa shape index (κ3) is 4.66.